The van der Waals surface area contributed by atoms with E-state index in [-0.39, 0.29) is 43.9 Å². The highest BCUT2D eigenvalue weighted by molar-refractivity contribution is 5.93. The quantitative estimate of drug-likeness (QED) is 0.516. The zero-order chi connectivity index (χ0) is 21.7. The van der Waals surface area contributed by atoms with E-state index in [4.69, 9.17) is 9.47 Å². The molecule has 0 radical (unpaired) electrons. The molecule has 2 aliphatic rings. The van der Waals surface area contributed by atoms with E-state index < -0.39 is 18.5 Å². The smallest absolute Gasteiger partial charge is 0.282 e. The predicted octanol–water partition coefficient (Wildman–Crippen LogP) is 3.46. The van der Waals surface area contributed by atoms with Gasteiger partial charge in [-0.3, -0.25) is 4.79 Å². The third kappa shape index (κ3) is 6.48. The van der Waals surface area contributed by atoms with Gasteiger partial charge in [0.05, 0.1) is 39.0 Å². The summed E-state index contributed by atoms with van der Waals surface area (Å²) < 4.78 is 50.0. The summed E-state index contributed by atoms with van der Waals surface area (Å²) in [5, 5.41) is 2.88. The van der Waals surface area contributed by atoms with E-state index in [0.29, 0.717) is 30.6 Å². The summed E-state index contributed by atoms with van der Waals surface area (Å²) in [6.07, 6.45) is 2.82. The van der Waals surface area contributed by atoms with Crippen LogP contribution in [0.5, 0.6) is 5.88 Å². The van der Waals surface area contributed by atoms with Gasteiger partial charge in [-0.25, -0.2) is 18.2 Å². The standard InChI is InChI=1S/C21H30F3N3O3/c1-14(2)9-16(11-29-8-7-22)25-19(28)17-5-6-18(27-12-21(23,24)13-27)20(26-17)30-10-15-3-4-15/h5-6,14-16H,3-4,7-13H2,1-2H3,(H,25,28)/t16-/m0/s1. The molecule has 3 rings (SSSR count). The molecule has 0 bridgehead atoms. The molecule has 0 spiro atoms. The Labute approximate surface area is 175 Å². The molecule has 1 saturated heterocycles. The molecule has 1 aromatic heterocycles. The number of hydrogen-bond acceptors (Lipinski definition) is 5. The number of alkyl halides is 3. The minimum Gasteiger partial charge on any atom is -0.476 e. The molecule has 6 nitrogen and oxygen atoms in total. The fraction of sp³-hybridized carbons (Fsp3) is 0.714. The van der Waals surface area contributed by atoms with Gasteiger partial charge in [-0.2, -0.15) is 0 Å². The molecular formula is C21H30F3N3O3. The Hall–Kier alpha value is -2.03. The number of rotatable bonds is 12. The number of pyridine rings is 1. The minimum atomic E-state index is -2.71. The fourth-order valence-corrected chi connectivity index (χ4v) is 3.35. The van der Waals surface area contributed by atoms with Gasteiger partial charge in [0.25, 0.3) is 11.8 Å². The Kier molecular flexibility index (Phi) is 7.44. The maximum Gasteiger partial charge on any atom is 0.282 e. The molecule has 1 aliphatic heterocycles. The monoisotopic (exact) mass is 429 g/mol. The van der Waals surface area contributed by atoms with Gasteiger partial charge in [-0.1, -0.05) is 13.8 Å². The molecule has 1 N–H and O–H groups in total. The molecule has 1 amide bonds. The van der Waals surface area contributed by atoms with Crippen LogP contribution >= 0.6 is 0 Å². The molecule has 0 unspecified atom stereocenters. The van der Waals surface area contributed by atoms with Gasteiger partial charge < -0.3 is 19.7 Å². The molecular weight excluding hydrogens is 399 g/mol. The maximum absolute atomic E-state index is 13.3. The fourth-order valence-electron chi connectivity index (χ4n) is 3.35. The van der Waals surface area contributed by atoms with Crippen molar-refractivity contribution in [1.29, 1.82) is 0 Å². The van der Waals surface area contributed by atoms with Gasteiger partial charge >= 0.3 is 0 Å². The Balaban J connectivity index is 1.69. The number of hydrogen-bond donors (Lipinski definition) is 1. The average molecular weight is 429 g/mol. The topological polar surface area (TPSA) is 63.7 Å². The van der Waals surface area contributed by atoms with Crippen molar-refractivity contribution in [3.8, 4) is 5.88 Å². The van der Waals surface area contributed by atoms with Crippen molar-refractivity contribution < 1.29 is 27.4 Å². The number of carbonyl (C=O) groups excluding carboxylic acids is 1. The van der Waals surface area contributed by atoms with Gasteiger partial charge in [0.15, 0.2) is 0 Å². The van der Waals surface area contributed by atoms with Gasteiger partial charge in [0.2, 0.25) is 5.88 Å². The van der Waals surface area contributed by atoms with E-state index in [1.165, 1.54) is 11.0 Å². The summed E-state index contributed by atoms with van der Waals surface area (Å²) in [6.45, 7) is 3.34. The first kappa shape index (κ1) is 22.7. The van der Waals surface area contributed by atoms with Crippen molar-refractivity contribution in [2.45, 2.75) is 45.1 Å². The SMILES string of the molecule is CC(C)C[C@@H](COCCF)NC(=O)c1ccc(N2CC(F)(F)C2)c(OCC2CC2)n1. The third-order valence-corrected chi connectivity index (χ3v) is 5.04. The lowest BCUT2D eigenvalue weighted by molar-refractivity contribution is -0.0265. The number of halogens is 3. The van der Waals surface area contributed by atoms with E-state index >= 15 is 0 Å². The number of anilines is 1. The molecule has 30 heavy (non-hydrogen) atoms. The van der Waals surface area contributed by atoms with Crippen LogP contribution in [0, 0.1) is 11.8 Å². The van der Waals surface area contributed by atoms with Crippen molar-refractivity contribution in [3.05, 3.63) is 17.8 Å². The number of ether oxygens (including phenoxy) is 2. The molecule has 2 fully saturated rings. The lowest BCUT2D eigenvalue weighted by Crippen LogP contribution is -2.56. The number of nitrogens with one attached hydrogen (secondary N) is 1. The van der Waals surface area contributed by atoms with Crippen LogP contribution in [0.2, 0.25) is 0 Å². The van der Waals surface area contributed by atoms with Crippen molar-refractivity contribution in [3.63, 3.8) is 0 Å². The van der Waals surface area contributed by atoms with Crippen LogP contribution in [0.1, 0.15) is 43.6 Å². The Bertz CT molecular complexity index is 721. The van der Waals surface area contributed by atoms with Gasteiger partial charge in [-0.15, -0.1) is 0 Å². The molecule has 1 aromatic rings. The zero-order valence-electron chi connectivity index (χ0n) is 17.5. The predicted molar refractivity (Wildman–Crippen MR) is 107 cm³/mol. The third-order valence-electron chi connectivity index (χ3n) is 5.04. The van der Waals surface area contributed by atoms with Crippen LogP contribution in [-0.2, 0) is 4.74 Å². The maximum atomic E-state index is 13.3. The molecule has 1 saturated carbocycles. The second-order valence-electron chi connectivity index (χ2n) is 8.55. The largest absolute Gasteiger partial charge is 0.476 e. The summed E-state index contributed by atoms with van der Waals surface area (Å²) in [6, 6.07) is 2.84. The minimum absolute atomic E-state index is 0.0168. The van der Waals surface area contributed by atoms with Crippen molar-refractivity contribution in [2.75, 3.05) is 44.5 Å². The first-order valence-electron chi connectivity index (χ1n) is 10.5. The van der Waals surface area contributed by atoms with Crippen LogP contribution in [0.3, 0.4) is 0 Å². The molecule has 2 heterocycles. The van der Waals surface area contributed by atoms with E-state index in [1.54, 1.807) is 6.07 Å². The highest BCUT2D eigenvalue weighted by Crippen LogP contribution is 2.37. The van der Waals surface area contributed by atoms with Crippen LogP contribution in [0.4, 0.5) is 18.9 Å². The summed E-state index contributed by atoms with van der Waals surface area (Å²) >= 11 is 0. The molecule has 0 aromatic carbocycles. The zero-order valence-corrected chi connectivity index (χ0v) is 17.5. The molecule has 1 atom stereocenters. The average Bonchev–Trinajstić information content (AvgIpc) is 3.48. The molecule has 1 aliphatic carbocycles. The highest BCUT2D eigenvalue weighted by Gasteiger charge is 2.45. The lowest BCUT2D eigenvalue weighted by atomic mass is 10.0. The van der Waals surface area contributed by atoms with E-state index in [0.717, 1.165) is 12.8 Å². The van der Waals surface area contributed by atoms with Gasteiger partial charge in [-0.05, 0) is 43.2 Å². The first-order valence-corrected chi connectivity index (χ1v) is 10.5. The first-order chi connectivity index (χ1) is 14.3. The second-order valence-corrected chi connectivity index (χ2v) is 8.55. The van der Waals surface area contributed by atoms with Gasteiger partial charge in [0, 0.05) is 0 Å². The van der Waals surface area contributed by atoms with E-state index in [1.807, 2.05) is 13.8 Å². The second kappa shape index (κ2) is 9.85. The highest BCUT2D eigenvalue weighted by atomic mass is 19.3. The Morgan fingerprint density at radius 3 is 2.67 bits per heavy atom. The van der Waals surface area contributed by atoms with Crippen LogP contribution in [0.15, 0.2) is 12.1 Å². The van der Waals surface area contributed by atoms with E-state index in [2.05, 4.69) is 10.3 Å². The Morgan fingerprint density at radius 2 is 2.07 bits per heavy atom. The summed E-state index contributed by atoms with van der Waals surface area (Å²) in [4.78, 5) is 18.6. The van der Waals surface area contributed by atoms with Crippen LogP contribution < -0.4 is 15.0 Å². The van der Waals surface area contributed by atoms with Crippen molar-refractivity contribution >= 4 is 11.6 Å². The van der Waals surface area contributed by atoms with Gasteiger partial charge in [0.1, 0.15) is 18.1 Å². The Morgan fingerprint density at radius 1 is 1.33 bits per heavy atom. The van der Waals surface area contributed by atoms with Crippen molar-refractivity contribution in [1.82, 2.24) is 10.3 Å². The number of amides is 1. The molecule has 168 valence electrons. The lowest BCUT2D eigenvalue weighted by Gasteiger charge is -2.40. The summed E-state index contributed by atoms with van der Waals surface area (Å²) in [7, 11) is 0. The summed E-state index contributed by atoms with van der Waals surface area (Å²) in [5.74, 6) is -2.14. The van der Waals surface area contributed by atoms with E-state index in [9.17, 15) is 18.0 Å². The number of nitrogens with zero attached hydrogens (tertiary/aromatic N) is 2. The number of aromatic nitrogens is 1. The van der Waals surface area contributed by atoms with Crippen LogP contribution in [0.25, 0.3) is 0 Å². The normalized spacial score (nSPS) is 18.8. The summed E-state index contributed by atoms with van der Waals surface area (Å²) in [5.41, 5.74) is 0.624. The van der Waals surface area contributed by atoms with Crippen LogP contribution in [-0.4, -0.2) is 62.4 Å². The van der Waals surface area contributed by atoms with Crippen molar-refractivity contribution in [2.24, 2.45) is 11.8 Å². The molecule has 9 heteroatoms. The number of carbonyl (C=O) groups is 1.